The number of likely N-dealkylation sites (tertiary alicyclic amines) is 1. The van der Waals surface area contributed by atoms with Gasteiger partial charge in [-0.2, -0.15) is 13.2 Å². The van der Waals surface area contributed by atoms with Crippen LogP contribution in [0.25, 0.3) is 0 Å². The second-order valence-corrected chi connectivity index (χ2v) is 6.57. The van der Waals surface area contributed by atoms with Crippen molar-refractivity contribution in [2.75, 3.05) is 46.5 Å². The van der Waals surface area contributed by atoms with E-state index < -0.39 is 12.1 Å². The smallest absolute Gasteiger partial charge is 0.490 e. The fourth-order valence-corrected chi connectivity index (χ4v) is 3.23. The molecular weight excluding hydrogens is 397 g/mol. The van der Waals surface area contributed by atoms with E-state index in [9.17, 15) is 23.1 Å². The monoisotopic (exact) mass is 420 g/mol. The number of aliphatic carboxylic acids is 1. The number of aromatic hydroxyl groups is 1. The molecule has 8 nitrogen and oxygen atoms in total. The number of hydrogen-bond acceptors (Lipinski definition) is 6. The highest BCUT2D eigenvalue weighted by Crippen LogP contribution is 2.24. The van der Waals surface area contributed by atoms with Crippen molar-refractivity contribution in [3.05, 3.63) is 29.8 Å². The van der Waals surface area contributed by atoms with E-state index in [0.717, 1.165) is 13.1 Å². The minimum atomic E-state index is -5.08. The van der Waals surface area contributed by atoms with Gasteiger partial charge in [0.2, 0.25) is 0 Å². The molecule has 0 aromatic heterocycles. The normalized spacial score (nSPS) is 21.9. The van der Waals surface area contributed by atoms with Gasteiger partial charge in [-0.25, -0.2) is 4.79 Å². The lowest BCUT2D eigenvalue weighted by Crippen LogP contribution is -2.51. The molecule has 2 saturated heterocycles. The van der Waals surface area contributed by atoms with Crippen LogP contribution in [0.4, 0.5) is 13.2 Å². The Balaban J connectivity index is 0.000000370. The Morgan fingerprint density at radius 3 is 2.59 bits per heavy atom. The predicted octanol–water partition coefficient (Wildman–Crippen LogP) is 1.20. The van der Waals surface area contributed by atoms with Crippen molar-refractivity contribution in [2.24, 2.45) is 0 Å². The molecule has 1 aromatic rings. The molecule has 2 heterocycles. The van der Waals surface area contributed by atoms with Crippen LogP contribution in [-0.2, 0) is 14.3 Å². The van der Waals surface area contributed by atoms with Crippen molar-refractivity contribution in [1.82, 2.24) is 9.80 Å². The van der Waals surface area contributed by atoms with Gasteiger partial charge in [0, 0.05) is 38.9 Å². The molecule has 2 fully saturated rings. The Kier molecular flexibility index (Phi) is 7.82. The number of nitrogens with zero attached hydrogens (tertiary/aromatic N) is 2. The Hall–Kier alpha value is -2.37. The number of morpholine rings is 1. The molecule has 3 rings (SSSR count). The minimum Gasteiger partial charge on any atom is -0.508 e. The molecule has 0 unspecified atom stereocenters. The highest BCUT2D eigenvalue weighted by atomic mass is 19.4. The zero-order valence-corrected chi connectivity index (χ0v) is 15.8. The third-order valence-corrected chi connectivity index (χ3v) is 4.62. The van der Waals surface area contributed by atoms with Crippen molar-refractivity contribution in [2.45, 2.75) is 18.3 Å². The molecule has 2 aliphatic rings. The van der Waals surface area contributed by atoms with Crippen molar-refractivity contribution in [3.8, 4) is 5.75 Å². The number of alkyl halides is 3. The average Bonchev–Trinajstić information content (AvgIpc) is 3.10. The lowest BCUT2D eigenvalue weighted by atomic mass is 10.1. The summed E-state index contributed by atoms with van der Waals surface area (Å²) in [6.45, 7) is 4.36. The fourth-order valence-electron chi connectivity index (χ4n) is 3.23. The Morgan fingerprint density at radius 2 is 2.00 bits per heavy atom. The molecule has 0 aliphatic carbocycles. The summed E-state index contributed by atoms with van der Waals surface area (Å²) in [5.41, 5.74) is 0.516. The van der Waals surface area contributed by atoms with E-state index in [0.29, 0.717) is 31.9 Å². The first-order chi connectivity index (χ1) is 13.6. The number of benzene rings is 1. The lowest BCUT2D eigenvalue weighted by molar-refractivity contribution is -0.192. The summed E-state index contributed by atoms with van der Waals surface area (Å²) >= 11 is 0. The Labute approximate surface area is 165 Å². The van der Waals surface area contributed by atoms with Crippen LogP contribution in [0.3, 0.4) is 0 Å². The third-order valence-electron chi connectivity index (χ3n) is 4.62. The van der Waals surface area contributed by atoms with Crippen LogP contribution in [0, 0.1) is 0 Å². The van der Waals surface area contributed by atoms with Gasteiger partial charge >= 0.3 is 12.1 Å². The number of rotatable bonds is 4. The first-order valence-electron chi connectivity index (χ1n) is 8.86. The maximum atomic E-state index is 12.6. The van der Waals surface area contributed by atoms with E-state index in [-0.39, 0.29) is 23.8 Å². The molecular formula is C18H23F3N2O6. The van der Waals surface area contributed by atoms with Gasteiger partial charge in [-0.15, -0.1) is 0 Å². The van der Waals surface area contributed by atoms with E-state index in [1.807, 2.05) is 4.90 Å². The number of phenolic OH excluding ortho intramolecular Hbond substituents is 1. The van der Waals surface area contributed by atoms with E-state index in [4.69, 9.17) is 19.4 Å². The number of amides is 1. The summed E-state index contributed by atoms with van der Waals surface area (Å²) in [5, 5.41) is 16.7. The molecule has 0 saturated carbocycles. The number of methoxy groups -OCH3 is 1. The van der Waals surface area contributed by atoms with Crippen LogP contribution < -0.4 is 0 Å². The number of carbonyl (C=O) groups excluding carboxylic acids is 1. The number of fused-ring (bicyclic) bond motifs is 1. The zero-order chi connectivity index (χ0) is 21.6. The molecule has 0 radical (unpaired) electrons. The fraction of sp³-hybridized carbons (Fsp3) is 0.556. The molecule has 162 valence electrons. The molecule has 2 N–H and O–H groups in total. The largest absolute Gasteiger partial charge is 0.508 e. The number of halogens is 3. The van der Waals surface area contributed by atoms with Gasteiger partial charge in [0.05, 0.1) is 25.4 Å². The van der Waals surface area contributed by atoms with Gasteiger partial charge in [0.1, 0.15) is 5.75 Å². The summed E-state index contributed by atoms with van der Waals surface area (Å²) < 4.78 is 42.7. The maximum absolute atomic E-state index is 12.6. The summed E-state index contributed by atoms with van der Waals surface area (Å²) in [7, 11) is 1.70. The van der Waals surface area contributed by atoms with Crippen molar-refractivity contribution >= 4 is 11.9 Å². The van der Waals surface area contributed by atoms with Gasteiger partial charge in [0.25, 0.3) is 5.91 Å². The van der Waals surface area contributed by atoms with Crippen LogP contribution >= 0.6 is 0 Å². The van der Waals surface area contributed by atoms with Gasteiger partial charge in [-0.1, -0.05) is 6.07 Å². The predicted molar refractivity (Wildman–Crippen MR) is 94.7 cm³/mol. The van der Waals surface area contributed by atoms with Gasteiger partial charge in [-0.3, -0.25) is 9.69 Å². The molecule has 29 heavy (non-hydrogen) atoms. The number of phenols is 1. The van der Waals surface area contributed by atoms with Gasteiger partial charge < -0.3 is 24.6 Å². The van der Waals surface area contributed by atoms with E-state index in [1.54, 1.807) is 25.3 Å². The summed E-state index contributed by atoms with van der Waals surface area (Å²) in [6.07, 6.45) is -5.02. The van der Waals surface area contributed by atoms with Crippen LogP contribution in [0.2, 0.25) is 0 Å². The Bertz CT molecular complexity index is 715. The molecule has 1 amide bonds. The highest BCUT2D eigenvalue weighted by molar-refractivity contribution is 5.94. The SMILES string of the molecule is COCCN1CCO[C@H]2CN(C(=O)c3cccc(O)c3)C[C@H]21.O=C(O)C(F)(F)F. The molecule has 0 spiro atoms. The summed E-state index contributed by atoms with van der Waals surface area (Å²) in [4.78, 5) is 25.6. The average molecular weight is 420 g/mol. The first-order valence-corrected chi connectivity index (χ1v) is 8.86. The van der Waals surface area contributed by atoms with E-state index >= 15 is 0 Å². The van der Waals surface area contributed by atoms with Gasteiger partial charge in [0.15, 0.2) is 0 Å². The lowest BCUT2D eigenvalue weighted by Gasteiger charge is -2.36. The maximum Gasteiger partial charge on any atom is 0.490 e. The van der Waals surface area contributed by atoms with Gasteiger partial charge in [-0.05, 0) is 18.2 Å². The standard InChI is InChI=1S/C16H22N2O4.C2HF3O2/c1-21-7-5-17-6-8-22-15-11-18(10-14(15)17)16(20)12-3-2-4-13(19)9-12;3-2(4,5)1(6)7/h2-4,9,14-15,19H,5-8,10-11H2,1H3;(H,6,7)/t14-,15+;/m1./s1. The third kappa shape index (κ3) is 6.31. The number of carboxylic acid groups (broad SMARTS) is 1. The topological polar surface area (TPSA) is 99.5 Å². The summed E-state index contributed by atoms with van der Waals surface area (Å²) in [6, 6.07) is 6.72. The molecule has 2 atom stereocenters. The number of hydrogen-bond donors (Lipinski definition) is 2. The quantitative estimate of drug-likeness (QED) is 0.755. The van der Waals surface area contributed by atoms with Crippen molar-refractivity contribution < 1.29 is 42.4 Å². The summed E-state index contributed by atoms with van der Waals surface area (Å²) in [5.74, 6) is -2.70. The van der Waals surface area contributed by atoms with E-state index in [1.165, 1.54) is 6.07 Å². The zero-order valence-electron chi connectivity index (χ0n) is 15.8. The second-order valence-electron chi connectivity index (χ2n) is 6.57. The van der Waals surface area contributed by atoms with Crippen molar-refractivity contribution in [1.29, 1.82) is 0 Å². The van der Waals surface area contributed by atoms with Crippen molar-refractivity contribution in [3.63, 3.8) is 0 Å². The van der Waals surface area contributed by atoms with Crippen LogP contribution in [0.5, 0.6) is 5.75 Å². The number of carboxylic acids is 1. The Morgan fingerprint density at radius 1 is 1.31 bits per heavy atom. The number of ether oxygens (including phenoxy) is 2. The van der Waals surface area contributed by atoms with E-state index in [2.05, 4.69) is 4.90 Å². The van der Waals surface area contributed by atoms with Crippen LogP contribution in [0.1, 0.15) is 10.4 Å². The second kappa shape index (κ2) is 9.90. The molecule has 2 aliphatic heterocycles. The molecule has 0 bridgehead atoms. The van der Waals surface area contributed by atoms with Crippen LogP contribution in [-0.4, -0.2) is 96.7 Å². The first kappa shape index (κ1) is 22.9. The number of carbonyl (C=O) groups is 2. The molecule has 1 aromatic carbocycles. The van der Waals surface area contributed by atoms with Crippen LogP contribution in [0.15, 0.2) is 24.3 Å². The molecule has 11 heteroatoms. The minimum absolute atomic E-state index is 0.0550. The highest BCUT2D eigenvalue weighted by Gasteiger charge is 2.41.